The van der Waals surface area contributed by atoms with Crippen LogP contribution in [0.4, 0.5) is 0 Å². The van der Waals surface area contributed by atoms with Crippen molar-refractivity contribution in [3.63, 3.8) is 0 Å². The summed E-state index contributed by atoms with van der Waals surface area (Å²) in [5, 5.41) is 0. The van der Waals surface area contributed by atoms with Gasteiger partial charge in [0, 0.05) is 0 Å². The molecule has 0 aromatic heterocycles. The molecule has 1 fully saturated rings. The number of benzene rings is 2. The molecule has 0 aliphatic carbocycles. The van der Waals surface area contributed by atoms with Crippen molar-refractivity contribution < 1.29 is 17.9 Å². The van der Waals surface area contributed by atoms with Crippen molar-refractivity contribution >= 4 is 9.84 Å². The van der Waals surface area contributed by atoms with E-state index in [2.05, 4.69) is 0 Å². The normalized spacial score (nSPS) is 17.3. The molecule has 2 aromatic rings. The smallest absolute Gasteiger partial charge is 0.210 e. The Morgan fingerprint density at radius 2 is 1.86 bits per heavy atom. The van der Waals surface area contributed by atoms with Gasteiger partial charge in [-0.2, -0.15) is 0 Å². The van der Waals surface area contributed by atoms with Crippen LogP contribution < -0.4 is 4.74 Å². The van der Waals surface area contributed by atoms with Gasteiger partial charge < -0.3 is 9.47 Å². The van der Waals surface area contributed by atoms with Crippen molar-refractivity contribution in [1.82, 2.24) is 0 Å². The maximum atomic E-state index is 12.9. The van der Waals surface area contributed by atoms with E-state index >= 15 is 0 Å². The molecule has 0 N–H and O–H groups in total. The van der Waals surface area contributed by atoms with Gasteiger partial charge >= 0.3 is 0 Å². The van der Waals surface area contributed by atoms with Crippen molar-refractivity contribution in [3.05, 3.63) is 53.6 Å². The van der Waals surface area contributed by atoms with E-state index < -0.39 is 9.84 Å². The summed E-state index contributed by atoms with van der Waals surface area (Å²) in [4.78, 5) is 0.480. The predicted molar refractivity (Wildman–Crippen MR) is 83.0 cm³/mol. The maximum absolute atomic E-state index is 12.9. The van der Waals surface area contributed by atoms with E-state index in [1.807, 2.05) is 19.9 Å². The number of rotatable bonds is 5. The van der Waals surface area contributed by atoms with Gasteiger partial charge in [0.1, 0.15) is 23.4 Å². The standard InChI is InChI=1S/C17H18O4S/c1-12-4-3-5-15(8-12)22(18,19)17-7-6-13(2)9-16(17)21-11-14-10-20-14/h3-9,14H,10-11H2,1-2H3. The van der Waals surface area contributed by atoms with Gasteiger partial charge in [-0.1, -0.05) is 18.2 Å². The highest BCUT2D eigenvalue weighted by Gasteiger charge is 2.26. The minimum atomic E-state index is -3.60. The molecule has 1 atom stereocenters. The lowest BCUT2D eigenvalue weighted by Crippen LogP contribution is -2.09. The first-order chi connectivity index (χ1) is 10.5. The molecule has 1 saturated heterocycles. The Bertz CT molecular complexity index is 792. The van der Waals surface area contributed by atoms with Crippen LogP contribution in [-0.4, -0.2) is 27.7 Å². The molecule has 1 heterocycles. The second-order valence-corrected chi connectivity index (χ2v) is 7.45. The van der Waals surface area contributed by atoms with E-state index in [0.29, 0.717) is 19.0 Å². The molecule has 116 valence electrons. The van der Waals surface area contributed by atoms with Crippen LogP contribution in [0, 0.1) is 13.8 Å². The van der Waals surface area contributed by atoms with Crippen molar-refractivity contribution in [3.8, 4) is 5.75 Å². The van der Waals surface area contributed by atoms with Gasteiger partial charge in [-0.05, 0) is 49.2 Å². The minimum absolute atomic E-state index is 0.0787. The molecule has 3 rings (SSSR count). The van der Waals surface area contributed by atoms with E-state index in [9.17, 15) is 8.42 Å². The van der Waals surface area contributed by atoms with Crippen LogP contribution in [0.25, 0.3) is 0 Å². The molecule has 1 aliphatic heterocycles. The lowest BCUT2D eigenvalue weighted by molar-refractivity contribution is 0.258. The fourth-order valence-electron chi connectivity index (χ4n) is 2.21. The van der Waals surface area contributed by atoms with Crippen LogP contribution in [0.15, 0.2) is 52.3 Å². The molecule has 22 heavy (non-hydrogen) atoms. The monoisotopic (exact) mass is 318 g/mol. The van der Waals surface area contributed by atoms with Gasteiger partial charge in [0.05, 0.1) is 11.5 Å². The van der Waals surface area contributed by atoms with E-state index in [4.69, 9.17) is 9.47 Å². The summed E-state index contributed by atoms with van der Waals surface area (Å²) in [6, 6.07) is 12.0. The highest BCUT2D eigenvalue weighted by atomic mass is 32.2. The molecule has 5 heteroatoms. The molecule has 0 bridgehead atoms. The van der Waals surface area contributed by atoms with Gasteiger partial charge in [-0.25, -0.2) is 8.42 Å². The molecule has 0 amide bonds. The zero-order valence-electron chi connectivity index (χ0n) is 12.6. The Balaban J connectivity index is 2.01. The van der Waals surface area contributed by atoms with Gasteiger partial charge in [0.25, 0.3) is 0 Å². The molecule has 0 saturated carbocycles. The largest absolute Gasteiger partial charge is 0.489 e. The van der Waals surface area contributed by atoms with Crippen molar-refractivity contribution in [2.45, 2.75) is 29.7 Å². The molecule has 2 aromatic carbocycles. The van der Waals surface area contributed by atoms with Crippen molar-refractivity contribution in [2.24, 2.45) is 0 Å². The number of sulfone groups is 1. The summed E-state index contributed by atoms with van der Waals surface area (Å²) in [5.74, 6) is 0.386. The quantitative estimate of drug-likeness (QED) is 0.795. The lowest BCUT2D eigenvalue weighted by atomic mass is 10.2. The second kappa shape index (κ2) is 5.74. The first-order valence-corrected chi connectivity index (χ1v) is 8.62. The number of ether oxygens (including phenoxy) is 2. The number of aryl methyl sites for hydroxylation is 2. The highest BCUT2D eigenvalue weighted by molar-refractivity contribution is 7.91. The molecular weight excluding hydrogens is 300 g/mol. The summed E-state index contributed by atoms with van der Waals surface area (Å²) in [6.07, 6.45) is 0.0787. The predicted octanol–water partition coefficient (Wildman–Crippen LogP) is 2.91. The molecule has 4 nitrogen and oxygen atoms in total. The van der Waals surface area contributed by atoms with Crippen LogP contribution in [0.3, 0.4) is 0 Å². The maximum Gasteiger partial charge on any atom is 0.210 e. The van der Waals surface area contributed by atoms with E-state index in [-0.39, 0.29) is 15.9 Å². The Kier molecular flexibility index (Phi) is 3.93. The van der Waals surface area contributed by atoms with E-state index in [1.165, 1.54) is 0 Å². The third kappa shape index (κ3) is 3.15. The third-order valence-electron chi connectivity index (χ3n) is 3.52. The van der Waals surface area contributed by atoms with Crippen LogP contribution >= 0.6 is 0 Å². The summed E-state index contributed by atoms with van der Waals surface area (Å²) in [5.41, 5.74) is 1.86. The summed E-state index contributed by atoms with van der Waals surface area (Å²) >= 11 is 0. The summed E-state index contributed by atoms with van der Waals surface area (Å²) in [6.45, 7) is 4.82. The van der Waals surface area contributed by atoms with Crippen LogP contribution in [0.2, 0.25) is 0 Å². The molecular formula is C17H18O4S. The van der Waals surface area contributed by atoms with Crippen molar-refractivity contribution in [1.29, 1.82) is 0 Å². The summed E-state index contributed by atoms with van der Waals surface area (Å²) < 4.78 is 36.5. The minimum Gasteiger partial charge on any atom is -0.489 e. The summed E-state index contributed by atoms with van der Waals surface area (Å²) in [7, 11) is -3.60. The average Bonchev–Trinajstić information content (AvgIpc) is 3.29. The molecule has 0 radical (unpaired) electrons. The Labute approximate surface area is 130 Å². The fourth-order valence-corrected chi connectivity index (χ4v) is 3.69. The van der Waals surface area contributed by atoms with Gasteiger partial charge in [-0.15, -0.1) is 0 Å². The highest BCUT2D eigenvalue weighted by Crippen LogP contribution is 2.31. The van der Waals surface area contributed by atoms with Gasteiger partial charge in [0.15, 0.2) is 0 Å². The Morgan fingerprint density at radius 1 is 1.14 bits per heavy atom. The second-order valence-electron chi connectivity index (χ2n) is 5.54. The van der Waals surface area contributed by atoms with Crippen LogP contribution in [0.1, 0.15) is 11.1 Å². The Hall–Kier alpha value is -1.85. The average molecular weight is 318 g/mol. The molecule has 1 aliphatic rings. The number of hydrogen-bond donors (Lipinski definition) is 0. The van der Waals surface area contributed by atoms with Gasteiger partial charge in [-0.3, -0.25) is 0 Å². The number of epoxide rings is 1. The van der Waals surface area contributed by atoms with Gasteiger partial charge in [0.2, 0.25) is 9.84 Å². The van der Waals surface area contributed by atoms with Crippen molar-refractivity contribution in [2.75, 3.05) is 13.2 Å². The SMILES string of the molecule is Cc1cccc(S(=O)(=O)c2ccc(C)cc2OCC2CO2)c1. The van der Waals surface area contributed by atoms with E-state index in [0.717, 1.165) is 11.1 Å². The first-order valence-electron chi connectivity index (χ1n) is 7.13. The fraction of sp³-hybridized carbons (Fsp3) is 0.294. The topological polar surface area (TPSA) is 55.9 Å². The van der Waals surface area contributed by atoms with Crippen LogP contribution in [0.5, 0.6) is 5.75 Å². The third-order valence-corrected chi connectivity index (χ3v) is 5.31. The lowest BCUT2D eigenvalue weighted by Gasteiger charge is -2.13. The Morgan fingerprint density at radius 3 is 2.55 bits per heavy atom. The zero-order chi connectivity index (χ0) is 15.7. The van der Waals surface area contributed by atoms with E-state index in [1.54, 1.807) is 36.4 Å². The van der Waals surface area contributed by atoms with Crippen LogP contribution in [-0.2, 0) is 14.6 Å². The number of hydrogen-bond acceptors (Lipinski definition) is 4. The molecule has 1 unspecified atom stereocenters. The zero-order valence-corrected chi connectivity index (χ0v) is 13.4. The first kappa shape index (κ1) is 15.1. The molecule has 0 spiro atoms.